The van der Waals surface area contributed by atoms with Crippen LogP contribution in [0.1, 0.15) is 30.2 Å². The van der Waals surface area contributed by atoms with Gasteiger partial charge in [-0.3, -0.25) is 0 Å². The van der Waals surface area contributed by atoms with Gasteiger partial charge in [-0.1, -0.05) is 6.92 Å². The van der Waals surface area contributed by atoms with Gasteiger partial charge in [0.25, 0.3) is 0 Å². The van der Waals surface area contributed by atoms with E-state index in [1.165, 1.54) is 0 Å². The van der Waals surface area contributed by atoms with Gasteiger partial charge in [-0.15, -0.1) is 21.5 Å². The highest BCUT2D eigenvalue weighted by atomic mass is 32.1. The standard InChI is InChI=1S/C11H15N5S/c1-3-8-10-14-15-11(16(10)5-4-12-8)9-6-13-7(2)17-9/h6,8,12H,3-5H2,1-2H3. The van der Waals surface area contributed by atoms with Crippen LogP contribution in [0.3, 0.4) is 0 Å². The van der Waals surface area contributed by atoms with E-state index in [1.54, 1.807) is 11.3 Å². The Balaban J connectivity index is 2.05. The number of rotatable bonds is 2. The normalized spacial score (nSPS) is 19.3. The molecule has 3 rings (SSSR count). The zero-order valence-corrected chi connectivity index (χ0v) is 10.8. The predicted molar refractivity (Wildman–Crippen MR) is 66.9 cm³/mol. The number of thiazole rings is 1. The fourth-order valence-corrected chi connectivity index (χ4v) is 2.98. The number of aromatic nitrogens is 4. The molecule has 3 heterocycles. The van der Waals surface area contributed by atoms with E-state index in [2.05, 4.69) is 32.0 Å². The largest absolute Gasteiger partial charge is 0.308 e. The fourth-order valence-electron chi connectivity index (χ4n) is 2.21. The van der Waals surface area contributed by atoms with Gasteiger partial charge in [0, 0.05) is 19.3 Å². The molecular weight excluding hydrogens is 234 g/mol. The van der Waals surface area contributed by atoms with E-state index in [0.717, 1.165) is 41.0 Å². The van der Waals surface area contributed by atoms with Gasteiger partial charge >= 0.3 is 0 Å². The first kappa shape index (κ1) is 10.9. The third-order valence-electron chi connectivity index (χ3n) is 3.07. The summed E-state index contributed by atoms with van der Waals surface area (Å²) in [5.41, 5.74) is 0. The van der Waals surface area contributed by atoms with Crippen LogP contribution >= 0.6 is 11.3 Å². The van der Waals surface area contributed by atoms with Crippen LogP contribution in [0.25, 0.3) is 10.7 Å². The lowest BCUT2D eigenvalue weighted by molar-refractivity contribution is 0.407. The van der Waals surface area contributed by atoms with Crippen molar-refractivity contribution in [2.45, 2.75) is 32.9 Å². The molecule has 0 spiro atoms. The van der Waals surface area contributed by atoms with Crippen molar-refractivity contribution in [3.8, 4) is 10.7 Å². The van der Waals surface area contributed by atoms with E-state index in [-0.39, 0.29) is 0 Å². The Morgan fingerprint density at radius 3 is 3.12 bits per heavy atom. The molecule has 1 aliphatic heterocycles. The Morgan fingerprint density at radius 1 is 1.53 bits per heavy atom. The Labute approximate surface area is 104 Å². The van der Waals surface area contributed by atoms with Crippen LogP contribution < -0.4 is 5.32 Å². The summed E-state index contributed by atoms with van der Waals surface area (Å²) in [4.78, 5) is 5.39. The van der Waals surface area contributed by atoms with Crippen molar-refractivity contribution in [1.82, 2.24) is 25.1 Å². The number of hydrogen-bond acceptors (Lipinski definition) is 5. The highest BCUT2D eigenvalue weighted by Gasteiger charge is 2.24. The van der Waals surface area contributed by atoms with E-state index < -0.39 is 0 Å². The number of nitrogens with zero attached hydrogens (tertiary/aromatic N) is 4. The molecule has 1 unspecified atom stereocenters. The zero-order valence-electron chi connectivity index (χ0n) is 9.97. The first-order chi connectivity index (χ1) is 8.29. The molecular formula is C11H15N5S. The van der Waals surface area contributed by atoms with Gasteiger partial charge in [0.15, 0.2) is 11.6 Å². The maximum atomic E-state index is 4.32. The third-order valence-corrected chi connectivity index (χ3v) is 3.98. The summed E-state index contributed by atoms with van der Waals surface area (Å²) < 4.78 is 2.22. The van der Waals surface area contributed by atoms with Gasteiger partial charge in [0.1, 0.15) is 0 Å². The topological polar surface area (TPSA) is 55.6 Å². The molecule has 17 heavy (non-hydrogen) atoms. The first-order valence-corrected chi connectivity index (χ1v) is 6.70. The monoisotopic (exact) mass is 249 g/mol. The summed E-state index contributed by atoms with van der Waals surface area (Å²) in [5.74, 6) is 2.02. The average molecular weight is 249 g/mol. The van der Waals surface area contributed by atoms with Gasteiger partial charge in [-0.25, -0.2) is 4.98 Å². The van der Waals surface area contributed by atoms with Crippen molar-refractivity contribution in [2.24, 2.45) is 0 Å². The molecule has 2 aromatic rings. The molecule has 1 aliphatic rings. The minimum atomic E-state index is 0.332. The minimum absolute atomic E-state index is 0.332. The van der Waals surface area contributed by atoms with Gasteiger partial charge in [0.2, 0.25) is 0 Å². The molecule has 0 aliphatic carbocycles. The van der Waals surface area contributed by atoms with Gasteiger partial charge in [-0.05, 0) is 13.3 Å². The van der Waals surface area contributed by atoms with E-state index in [0.29, 0.717) is 6.04 Å². The van der Waals surface area contributed by atoms with Crippen molar-refractivity contribution in [3.63, 3.8) is 0 Å². The van der Waals surface area contributed by atoms with Crippen LogP contribution in [-0.2, 0) is 6.54 Å². The molecule has 1 N–H and O–H groups in total. The number of fused-ring (bicyclic) bond motifs is 1. The summed E-state index contributed by atoms with van der Waals surface area (Å²) in [6.07, 6.45) is 2.93. The minimum Gasteiger partial charge on any atom is -0.308 e. The summed E-state index contributed by atoms with van der Waals surface area (Å²) >= 11 is 1.67. The molecule has 6 heteroatoms. The summed E-state index contributed by atoms with van der Waals surface area (Å²) in [5, 5.41) is 13.2. The van der Waals surface area contributed by atoms with Crippen LogP contribution in [0.4, 0.5) is 0 Å². The molecule has 0 fully saturated rings. The van der Waals surface area contributed by atoms with Crippen LogP contribution in [0.15, 0.2) is 6.20 Å². The van der Waals surface area contributed by atoms with Crippen molar-refractivity contribution < 1.29 is 0 Å². The molecule has 2 aromatic heterocycles. The summed E-state index contributed by atoms with van der Waals surface area (Å²) in [7, 11) is 0. The van der Waals surface area contributed by atoms with Crippen LogP contribution in [0.5, 0.6) is 0 Å². The van der Waals surface area contributed by atoms with Crippen molar-refractivity contribution in [1.29, 1.82) is 0 Å². The SMILES string of the molecule is CCC1NCCn2c(-c3cnc(C)s3)nnc21. The summed E-state index contributed by atoms with van der Waals surface area (Å²) in [6.45, 7) is 6.09. The Kier molecular flexibility index (Phi) is 2.68. The molecule has 0 radical (unpaired) electrons. The van der Waals surface area contributed by atoms with Crippen molar-refractivity contribution >= 4 is 11.3 Å². The van der Waals surface area contributed by atoms with Crippen LogP contribution in [-0.4, -0.2) is 26.3 Å². The van der Waals surface area contributed by atoms with Crippen molar-refractivity contribution in [2.75, 3.05) is 6.54 Å². The molecule has 0 saturated carbocycles. The lowest BCUT2D eigenvalue weighted by Crippen LogP contribution is -2.33. The summed E-state index contributed by atoms with van der Waals surface area (Å²) in [6, 6.07) is 0.332. The number of aryl methyl sites for hydroxylation is 1. The lowest BCUT2D eigenvalue weighted by Gasteiger charge is -2.23. The molecule has 5 nitrogen and oxygen atoms in total. The van der Waals surface area contributed by atoms with Crippen molar-refractivity contribution in [3.05, 3.63) is 17.0 Å². The second-order valence-corrected chi connectivity index (χ2v) is 5.43. The number of hydrogen-bond donors (Lipinski definition) is 1. The second-order valence-electron chi connectivity index (χ2n) is 4.19. The van der Waals surface area contributed by atoms with E-state index in [9.17, 15) is 0 Å². The highest BCUT2D eigenvalue weighted by Crippen LogP contribution is 2.28. The van der Waals surface area contributed by atoms with E-state index in [4.69, 9.17) is 0 Å². The Morgan fingerprint density at radius 2 is 2.41 bits per heavy atom. The predicted octanol–water partition coefficient (Wildman–Crippen LogP) is 1.76. The maximum Gasteiger partial charge on any atom is 0.175 e. The molecule has 0 bridgehead atoms. The van der Waals surface area contributed by atoms with E-state index in [1.807, 2.05) is 13.1 Å². The fraction of sp³-hybridized carbons (Fsp3) is 0.545. The zero-order chi connectivity index (χ0) is 11.8. The quantitative estimate of drug-likeness (QED) is 0.881. The van der Waals surface area contributed by atoms with Crippen LogP contribution in [0.2, 0.25) is 0 Å². The van der Waals surface area contributed by atoms with Crippen LogP contribution in [0, 0.1) is 6.92 Å². The van der Waals surface area contributed by atoms with Gasteiger partial charge in [-0.2, -0.15) is 0 Å². The van der Waals surface area contributed by atoms with Gasteiger partial charge < -0.3 is 9.88 Å². The van der Waals surface area contributed by atoms with E-state index >= 15 is 0 Å². The molecule has 0 saturated heterocycles. The maximum absolute atomic E-state index is 4.32. The number of nitrogens with one attached hydrogen (secondary N) is 1. The molecule has 0 aromatic carbocycles. The molecule has 1 atom stereocenters. The smallest absolute Gasteiger partial charge is 0.175 e. The van der Waals surface area contributed by atoms with Gasteiger partial charge in [0.05, 0.1) is 15.9 Å². The average Bonchev–Trinajstić information content (AvgIpc) is 2.94. The third kappa shape index (κ3) is 1.77. The second kappa shape index (κ2) is 4.19. The Hall–Kier alpha value is -1.27. The highest BCUT2D eigenvalue weighted by molar-refractivity contribution is 7.14. The lowest BCUT2D eigenvalue weighted by atomic mass is 10.2. The molecule has 0 amide bonds. The first-order valence-electron chi connectivity index (χ1n) is 5.89. The molecule has 90 valence electrons. The Bertz CT molecular complexity index is 530.